The van der Waals surface area contributed by atoms with E-state index in [1.54, 1.807) is 13.2 Å². The summed E-state index contributed by atoms with van der Waals surface area (Å²) < 4.78 is 28.7. The molecule has 1 aromatic carbocycles. The summed E-state index contributed by atoms with van der Waals surface area (Å²) in [5.74, 6) is -0.176. The van der Waals surface area contributed by atoms with Crippen molar-refractivity contribution in [2.45, 2.75) is 18.7 Å². The normalized spacial score (nSPS) is 21.5. The van der Waals surface area contributed by atoms with Gasteiger partial charge in [-0.25, -0.2) is 13.2 Å². The van der Waals surface area contributed by atoms with Crippen LogP contribution < -0.4 is 5.32 Å². The first-order valence-electron chi connectivity index (χ1n) is 8.22. The minimum Gasteiger partial charge on any atom is -0.378 e. The van der Waals surface area contributed by atoms with Gasteiger partial charge in [0.1, 0.15) is 0 Å². The van der Waals surface area contributed by atoms with E-state index in [1.807, 2.05) is 30.3 Å². The molecule has 1 aliphatic rings. The number of nitrogens with one attached hydrogen (secondary N) is 2. The number of carbonyl (C=O) groups is 1. The molecule has 1 fully saturated rings. The smallest absolute Gasteiger partial charge is 0.317 e. The van der Waals surface area contributed by atoms with Crippen molar-refractivity contribution in [1.82, 2.24) is 20.4 Å². The van der Waals surface area contributed by atoms with Crippen LogP contribution >= 0.6 is 0 Å². The molecule has 1 saturated heterocycles. The van der Waals surface area contributed by atoms with Crippen molar-refractivity contribution in [1.29, 1.82) is 0 Å². The highest BCUT2D eigenvalue weighted by atomic mass is 32.2. The van der Waals surface area contributed by atoms with Crippen molar-refractivity contribution in [2.75, 3.05) is 25.7 Å². The molecule has 9 heteroatoms. The maximum Gasteiger partial charge on any atom is 0.317 e. The Morgan fingerprint density at radius 1 is 1.35 bits per heavy atom. The topological polar surface area (TPSA) is 104 Å². The van der Waals surface area contributed by atoms with E-state index in [-0.39, 0.29) is 17.5 Å². The van der Waals surface area contributed by atoms with Gasteiger partial charge in [-0.3, -0.25) is 5.10 Å². The zero-order valence-corrected chi connectivity index (χ0v) is 15.5. The largest absolute Gasteiger partial charge is 0.378 e. The molecule has 0 saturated carbocycles. The molecule has 26 heavy (non-hydrogen) atoms. The van der Waals surface area contributed by atoms with Gasteiger partial charge >= 0.3 is 6.03 Å². The number of aromatic amines is 1. The Morgan fingerprint density at radius 3 is 2.77 bits per heavy atom. The molecule has 0 radical (unpaired) electrons. The highest BCUT2D eigenvalue weighted by Crippen LogP contribution is 2.22. The number of hydrogen-bond donors (Lipinski definition) is 2. The number of benzene rings is 1. The molecular weight excluding hydrogens is 356 g/mol. The molecule has 8 nitrogen and oxygen atoms in total. The first-order chi connectivity index (χ1) is 12.4. The van der Waals surface area contributed by atoms with E-state index in [0.29, 0.717) is 6.54 Å². The fraction of sp³-hybridized carbons (Fsp3) is 0.412. The average molecular weight is 378 g/mol. The minimum absolute atomic E-state index is 0.0714. The van der Waals surface area contributed by atoms with Crippen molar-refractivity contribution < 1.29 is 17.9 Å². The second-order valence-corrected chi connectivity index (χ2v) is 8.55. The molecule has 0 bridgehead atoms. The van der Waals surface area contributed by atoms with Crippen molar-refractivity contribution in [2.24, 2.45) is 0 Å². The van der Waals surface area contributed by atoms with Crippen LogP contribution in [0.3, 0.4) is 0 Å². The van der Waals surface area contributed by atoms with Gasteiger partial charge in [0.05, 0.1) is 42.1 Å². The molecule has 2 N–H and O–H groups in total. The van der Waals surface area contributed by atoms with Gasteiger partial charge in [-0.2, -0.15) is 5.10 Å². The van der Waals surface area contributed by atoms with Crippen LogP contribution in [0.2, 0.25) is 0 Å². The lowest BCUT2D eigenvalue weighted by molar-refractivity contribution is 0.0985. The monoisotopic (exact) mass is 378 g/mol. The summed E-state index contributed by atoms with van der Waals surface area (Å²) in [4.78, 5) is 14.0. The molecule has 1 aromatic heterocycles. The molecular formula is C17H22N4O4S. The van der Waals surface area contributed by atoms with E-state index in [1.165, 1.54) is 12.0 Å². The SMILES string of the molecule is COC1CS(=O)(=O)CC1NC(=O)N(C)Cc1cn[nH]c1-c1ccccc1. The van der Waals surface area contributed by atoms with Crippen LogP contribution in [0.5, 0.6) is 0 Å². The molecule has 2 atom stereocenters. The molecule has 3 rings (SSSR count). The Kier molecular flexibility index (Phi) is 5.28. The molecule has 0 spiro atoms. The number of sulfone groups is 1. The van der Waals surface area contributed by atoms with Crippen molar-refractivity contribution in [3.63, 3.8) is 0 Å². The fourth-order valence-electron chi connectivity index (χ4n) is 3.06. The summed E-state index contributed by atoms with van der Waals surface area (Å²) in [6, 6.07) is 8.82. The van der Waals surface area contributed by atoms with E-state index >= 15 is 0 Å². The van der Waals surface area contributed by atoms with Crippen LogP contribution in [-0.4, -0.2) is 67.4 Å². The Balaban J connectivity index is 1.67. The van der Waals surface area contributed by atoms with Crippen molar-refractivity contribution >= 4 is 15.9 Å². The second-order valence-electron chi connectivity index (χ2n) is 6.40. The number of aromatic nitrogens is 2. The third kappa shape index (κ3) is 4.05. The number of H-pyrrole nitrogens is 1. The average Bonchev–Trinajstić information content (AvgIpc) is 3.18. The zero-order chi connectivity index (χ0) is 18.7. The van der Waals surface area contributed by atoms with Crippen molar-refractivity contribution in [3.05, 3.63) is 42.1 Å². The maximum absolute atomic E-state index is 12.5. The van der Waals surface area contributed by atoms with Crippen LogP contribution in [0.25, 0.3) is 11.3 Å². The Hall–Kier alpha value is -2.39. The molecule has 0 aliphatic carbocycles. The van der Waals surface area contributed by atoms with Gasteiger partial charge < -0.3 is 15.0 Å². The fourth-order valence-corrected chi connectivity index (χ4v) is 4.91. The van der Waals surface area contributed by atoms with E-state index in [0.717, 1.165) is 16.8 Å². The Morgan fingerprint density at radius 2 is 2.08 bits per heavy atom. The molecule has 2 unspecified atom stereocenters. The second kappa shape index (κ2) is 7.46. The van der Waals surface area contributed by atoms with E-state index in [4.69, 9.17) is 4.74 Å². The molecule has 140 valence electrons. The first kappa shape index (κ1) is 18.4. The summed E-state index contributed by atoms with van der Waals surface area (Å²) in [6.45, 7) is 0.337. The molecule has 2 amide bonds. The van der Waals surface area contributed by atoms with Gasteiger partial charge in [-0.15, -0.1) is 0 Å². The van der Waals surface area contributed by atoms with Crippen LogP contribution in [0.4, 0.5) is 4.79 Å². The first-order valence-corrected chi connectivity index (χ1v) is 10.0. The number of ether oxygens (including phenoxy) is 1. The zero-order valence-electron chi connectivity index (χ0n) is 14.7. The number of methoxy groups -OCH3 is 1. The molecule has 1 aliphatic heterocycles. The summed E-state index contributed by atoms with van der Waals surface area (Å²) in [5.41, 5.74) is 2.70. The van der Waals surface area contributed by atoms with Crippen LogP contribution in [-0.2, 0) is 21.1 Å². The van der Waals surface area contributed by atoms with Crippen LogP contribution in [0.1, 0.15) is 5.56 Å². The maximum atomic E-state index is 12.5. The number of carbonyl (C=O) groups excluding carboxylic acids is 1. The third-order valence-electron chi connectivity index (χ3n) is 4.45. The molecule has 2 aromatic rings. The van der Waals surface area contributed by atoms with E-state index in [2.05, 4.69) is 15.5 Å². The highest BCUT2D eigenvalue weighted by molar-refractivity contribution is 7.91. The Bertz CT molecular complexity index is 866. The summed E-state index contributed by atoms with van der Waals surface area (Å²) in [5, 5.41) is 9.79. The standard InChI is InChI=1S/C17H22N4O4S/c1-21(17(22)19-14-10-26(23,24)11-15(14)25-2)9-13-8-18-20-16(13)12-6-4-3-5-7-12/h3-8,14-15H,9-11H2,1-2H3,(H,18,20)(H,19,22). The van der Waals surface area contributed by atoms with Gasteiger partial charge in [0.25, 0.3) is 0 Å². The minimum atomic E-state index is -3.19. The number of urea groups is 1. The molecule has 2 heterocycles. The quantitative estimate of drug-likeness (QED) is 0.809. The lowest BCUT2D eigenvalue weighted by Crippen LogP contribution is -2.48. The predicted molar refractivity (Wildman–Crippen MR) is 97.3 cm³/mol. The van der Waals surface area contributed by atoms with Gasteiger partial charge in [-0.1, -0.05) is 30.3 Å². The predicted octanol–water partition coefficient (Wildman–Crippen LogP) is 1.03. The Labute approximate surface area is 152 Å². The van der Waals surface area contributed by atoms with Crippen molar-refractivity contribution in [3.8, 4) is 11.3 Å². The van der Waals surface area contributed by atoms with Crippen LogP contribution in [0.15, 0.2) is 36.5 Å². The number of amides is 2. The summed E-state index contributed by atoms with van der Waals surface area (Å²) >= 11 is 0. The van der Waals surface area contributed by atoms with Crippen LogP contribution in [0, 0.1) is 0 Å². The van der Waals surface area contributed by atoms with Gasteiger partial charge in [0.15, 0.2) is 9.84 Å². The highest BCUT2D eigenvalue weighted by Gasteiger charge is 2.39. The van der Waals surface area contributed by atoms with E-state index in [9.17, 15) is 13.2 Å². The van der Waals surface area contributed by atoms with E-state index < -0.39 is 22.0 Å². The van der Waals surface area contributed by atoms with Gasteiger partial charge in [0, 0.05) is 19.7 Å². The number of nitrogens with zero attached hydrogens (tertiary/aromatic N) is 2. The number of hydrogen-bond acceptors (Lipinski definition) is 5. The summed E-state index contributed by atoms with van der Waals surface area (Å²) in [6.07, 6.45) is 1.16. The lowest BCUT2D eigenvalue weighted by Gasteiger charge is -2.23. The van der Waals surface area contributed by atoms with Gasteiger partial charge in [0.2, 0.25) is 0 Å². The summed E-state index contributed by atoms with van der Waals surface area (Å²) in [7, 11) is -0.0885. The van der Waals surface area contributed by atoms with Gasteiger partial charge in [-0.05, 0) is 5.56 Å². The third-order valence-corrected chi connectivity index (χ3v) is 6.15. The number of rotatable bonds is 5. The lowest BCUT2D eigenvalue weighted by atomic mass is 10.1.